The first-order valence-electron chi connectivity index (χ1n) is 21.1. The van der Waals surface area contributed by atoms with Crippen molar-refractivity contribution in [3.05, 3.63) is 216 Å². The lowest BCUT2D eigenvalue weighted by molar-refractivity contribution is 0.656. The van der Waals surface area contributed by atoms with Gasteiger partial charge in [0.2, 0.25) is 0 Å². The van der Waals surface area contributed by atoms with E-state index in [-0.39, 0.29) is 11.3 Å². The van der Waals surface area contributed by atoms with Gasteiger partial charge >= 0.3 is 0 Å². The third kappa shape index (κ3) is 5.02. The number of fused-ring (bicyclic) bond motifs is 12. The number of hydrogen-bond acceptors (Lipinski definition) is 3. The van der Waals surface area contributed by atoms with Crippen molar-refractivity contribution < 1.29 is 8.83 Å². The van der Waals surface area contributed by atoms with Crippen LogP contribution in [0.15, 0.2) is 197 Å². The Morgan fingerprint density at radius 2 is 1.11 bits per heavy atom. The Morgan fingerprint density at radius 1 is 0.443 bits per heavy atom. The van der Waals surface area contributed by atoms with Crippen LogP contribution in [0.25, 0.3) is 97.4 Å². The second-order valence-corrected chi connectivity index (χ2v) is 18.2. The fraction of sp³-hybridized carbons (Fsp3) is 0.0690. The van der Waals surface area contributed by atoms with Gasteiger partial charge in [-0.15, -0.1) is 11.3 Å². The summed E-state index contributed by atoms with van der Waals surface area (Å²) in [5.41, 5.74) is 17.0. The van der Waals surface area contributed by atoms with Crippen LogP contribution < -0.4 is 0 Å². The molecule has 0 aliphatic heterocycles. The Kier molecular flexibility index (Phi) is 7.33. The summed E-state index contributed by atoms with van der Waals surface area (Å²) in [5, 5.41) is 6.85. The SMILES string of the molecule is CC1(C)c2ccccc2-c2ccc(C(c3ccc(-c4ccccc4)cc3)c3cccc4c3oc3c(-c5cccc6c5sc5ccccc56)c5c(cc34)oc3ccccc35)cc21. The Bertz CT molecular complexity index is 3730. The van der Waals surface area contributed by atoms with Gasteiger partial charge in [-0.2, -0.15) is 0 Å². The van der Waals surface area contributed by atoms with E-state index in [1.165, 1.54) is 64.7 Å². The lowest BCUT2D eigenvalue weighted by Gasteiger charge is -2.25. The van der Waals surface area contributed by atoms with Gasteiger partial charge < -0.3 is 8.83 Å². The van der Waals surface area contributed by atoms with E-state index in [0.29, 0.717) is 0 Å². The van der Waals surface area contributed by atoms with Crippen molar-refractivity contribution in [2.45, 2.75) is 25.2 Å². The summed E-state index contributed by atoms with van der Waals surface area (Å²) >= 11 is 1.85. The third-order valence-electron chi connectivity index (χ3n) is 13.4. The van der Waals surface area contributed by atoms with E-state index in [2.05, 4.69) is 196 Å². The van der Waals surface area contributed by atoms with Crippen molar-refractivity contribution >= 4 is 75.4 Å². The Labute approximate surface area is 356 Å². The van der Waals surface area contributed by atoms with Gasteiger partial charge in [-0.05, 0) is 62.7 Å². The number of hydrogen-bond donors (Lipinski definition) is 0. The van der Waals surface area contributed by atoms with Crippen LogP contribution in [0.1, 0.15) is 47.6 Å². The van der Waals surface area contributed by atoms with Crippen molar-refractivity contribution in [3.8, 4) is 33.4 Å². The van der Waals surface area contributed by atoms with E-state index in [0.717, 1.165) is 60.6 Å². The minimum absolute atomic E-state index is 0.0998. The fourth-order valence-electron chi connectivity index (χ4n) is 10.5. The van der Waals surface area contributed by atoms with Crippen LogP contribution >= 0.6 is 11.3 Å². The van der Waals surface area contributed by atoms with Crippen molar-refractivity contribution in [3.63, 3.8) is 0 Å². The van der Waals surface area contributed by atoms with E-state index in [4.69, 9.17) is 8.83 Å². The van der Waals surface area contributed by atoms with Gasteiger partial charge in [-0.25, -0.2) is 0 Å². The predicted molar refractivity (Wildman–Crippen MR) is 256 cm³/mol. The maximum Gasteiger partial charge on any atom is 0.144 e. The average molecular weight is 799 g/mol. The Balaban J connectivity index is 1.09. The highest BCUT2D eigenvalue weighted by Crippen LogP contribution is 2.52. The number of para-hydroxylation sites is 2. The van der Waals surface area contributed by atoms with Crippen LogP contribution in [0, 0.1) is 0 Å². The zero-order chi connectivity index (χ0) is 40.4. The zero-order valence-electron chi connectivity index (χ0n) is 33.7. The summed E-state index contributed by atoms with van der Waals surface area (Å²) < 4.78 is 16.7. The molecule has 3 heteroatoms. The molecule has 0 radical (unpaired) electrons. The van der Waals surface area contributed by atoms with Crippen molar-refractivity contribution in [2.24, 2.45) is 0 Å². The van der Waals surface area contributed by atoms with Crippen LogP contribution in [-0.2, 0) is 5.41 Å². The quantitative estimate of drug-likeness (QED) is 0.162. The fourth-order valence-corrected chi connectivity index (χ4v) is 11.8. The molecule has 12 aromatic rings. The third-order valence-corrected chi connectivity index (χ3v) is 14.7. The van der Waals surface area contributed by atoms with Gasteiger partial charge in [-0.1, -0.05) is 184 Å². The largest absolute Gasteiger partial charge is 0.456 e. The molecule has 0 saturated carbocycles. The summed E-state index contributed by atoms with van der Waals surface area (Å²) in [6, 6.07) is 68.6. The molecule has 0 saturated heterocycles. The highest BCUT2D eigenvalue weighted by atomic mass is 32.1. The number of thiophene rings is 1. The smallest absolute Gasteiger partial charge is 0.144 e. The molecule has 1 aliphatic carbocycles. The van der Waals surface area contributed by atoms with Gasteiger partial charge in [0.25, 0.3) is 0 Å². The minimum atomic E-state index is -0.131. The van der Waals surface area contributed by atoms with Gasteiger partial charge in [0.15, 0.2) is 0 Å². The number of furan rings is 2. The van der Waals surface area contributed by atoms with Crippen LogP contribution in [0.2, 0.25) is 0 Å². The summed E-state index contributed by atoms with van der Waals surface area (Å²) in [6.45, 7) is 4.73. The zero-order valence-corrected chi connectivity index (χ0v) is 34.5. The lowest BCUT2D eigenvalue weighted by atomic mass is 9.78. The topological polar surface area (TPSA) is 26.3 Å². The predicted octanol–water partition coefficient (Wildman–Crippen LogP) is 16.7. The summed E-state index contributed by atoms with van der Waals surface area (Å²) in [7, 11) is 0. The highest BCUT2D eigenvalue weighted by molar-refractivity contribution is 7.26. The van der Waals surface area contributed by atoms with Crippen molar-refractivity contribution in [1.29, 1.82) is 0 Å². The first-order chi connectivity index (χ1) is 30.0. The molecule has 1 aliphatic rings. The second-order valence-electron chi connectivity index (χ2n) is 17.1. The van der Waals surface area contributed by atoms with Gasteiger partial charge in [-0.3, -0.25) is 0 Å². The molecular weight excluding hydrogens is 761 g/mol. The van der Waals surface area contributed by atoms with E-state index < -0.39 is 0 Å². The molecule has 2 nitrogen and oxygen atoms in total. The Morgan fingerprint density at radius 3 is 2.00 bits per heavy atom. The first-order valence-corrected chi connectivity index (χ1v) is 21.9. The van der Waals surface area contributed by atoms with Crippen molar-refractivity contribution in [1.82, 2.24) is 0 Å². The van der Waals surface area contributed by atoms with Gasteiger partial charge in [0, 0.05) is 69.7 Å². The highest BCUT2D eigenvalue weighted by Gasteiger charge is 2.36. The molecule has 0 amide bonds. The van der Waals surface area contributed by atoms with Crippen LogP contribution in [-0.4, -0.2) is 0 Å². The van der Waals surface area contributed by atoms with Gasteiger partial charge in [0.1, 0.15) is 22.3 Å². The summed E-state index contributed by atoms with van der Waals surface area (Å²) in [5.74, 6) is -0.0998. The molecule has 288 valence electrons. The molecule has 1 unspecified atom stereocenters. The van der Waals surface area contributed by atoms with Crippen LogP contribution in [0.5, 0.6) is 0 Å². The molecule has 0 spiro atoms. The molecule has 1 atom stereocenters. The summed E-state index contributed by atoms with van der Waals surface area (Å²) in [6.07, 6.45) is 0. The molecule has 0 fully saturated rings. The molecule has 0 N–H and O–H groups in total. The molecule has 3 aromatic heterocycles. The Hall–Kier alpha value is -7.20. The first kappa shape index (κ1) is 34.6. The average Bonchev–Trinajstić information content (AvgIpc) is 4.05. The van der Waals surface area contributed by atoms with E-state index in [1.807, 2.05) is 17.4 Å². The van der Waals surface area contributed by atoms with E-state index in [9.17, 15) is 0 Å². The monoisotopic (exact) mass is 798 g/mol. The molecule has 61 heavy (non-hydrogen) atoms. The molecule has 9 aromatic carbocycles. The van der Waals surface area contributed by atoms with Crippen molar-refractivity contribution in [2.75, 3.05) is 0 Å². The molecule has 0 bridgehead atoms. The molecule has 13 rings (SSSR count). The van der Waals surface area contributed by atoms with Crippen LogP contribution in [0.4, 0.5) is 0 Å². The minimum Gasteiger partial charge on any atom is -0.456 e. The second kappa shape index (κ2) is 12.9. The number of rotatable bonds is 5. The number of benzene rings is 9. The van der Waals surface area contributed by atoms with Gasteiger partial charge in [0.05, 0.1) is 0 Å². The molecular formula is C58H38O2S. The normalized spacial score (nSPS) is 13.8. The van der Waals surface area contributed by atoms with Crippen LogP contribution in [0.3, 0.4) is 0 Å². The van der Waals surface area contributed by atoms with E-state index >= 15 is 0 Å². The lowest BCUT2D eigenvalue weighted by Crippen LogP contribution is -2.15. The maximum absolute atomic E-state index is 7.48. The standard InChI is InChI=1S/C58H38O2S/c1-58(2)47-23-9-6-16-38(47)39-31-30-37(32-48(39)58)52(36-28-26-35(27-29-36)34-14-4-3-5-15-34)44-21-12-19-41-46-33-50-53(43-18-7-10-24-49(43)59-50)54(56(46)60-55(41)44)45-22-13-20-42-40-17-8-11-25-51(40)61-57(42)45/h3-33,52H,1-2H3. The van der Waals surface area contributed by atoms with E-state index in [1.54, 1.807) is 0 Å². The maximum atomic E-state index is 7.48. The summed E-state index contributed by atoms with van der Waals surface area (Å²) in [4.78, 5) is 0. The molecule has 3 heterocycles.